The van der Waals surface area contributed by atoms with Crippen LogP contribution in [0.3, 0.4) is 0 Å². The van der Waals surface area contributed by atoms with Crippen LogP contribution in [0.2, 0.25) is 0 Å². The highest BCUT2D eigenvalue weighted by Crippen LogP contribution is 2.32. The van der Waals surface area contributed by atoms with Crippen molar-refractivity contribution in [3.05, 3.63) is 0 Å². The van der Waals surface area contributed by atoms with Gasteiger partial charge in [-0.05, 0) is 30.1 Å². The van der Waals surface area contributed by atoms with Crippen LogP contribution in [-0.4, -0.2) is 0 Å². The molecule has 0 amide bonds. The molecule has 15 heavy (non-hydrogen) atoms. The van der Waals surface area contributed by atoms with Gasteiger partial charge in [0, 0.05) is 0 Å². The summed E-state index contributed by atoms with van der Waals surface area (Å²) < 4.78 is 0. The zero-order valence-corrected chi connectivity index (χ0v) is 11.8. The van der Waals surface area contributed by atoms with Crippen LogP contribution in [0.25, 0.3) is 0 Å². The topological polar surface area (TPSA) is 0 Å². The van der Waals surface area contributed by atoms with Crippen LogP contribution in [-0.2, 0) is 0 Å². The van der Waals surface area contributed by atoms with Crippen molar-refractivity contribution < 1.29 is 0 Å². The lowest BCUT2D eigenvalue weighted by molar-refractivity contribution is 0.202. The zero-order chi connectivity index (χ0) is 11.8. The van der Waals surface area contributed by atoms with Crippen LogP contribution in [0.15, 0.2) is 0 Å². The van der Waals surface area contributed by atoms with Crippen molar-refractivity contribution in [1.82, 2.24) is 0 Å². The van der Waals surface area contributed by atoms with Gasteiger partial charge in [-0.25, -0.2) is 0 Å². The summed E-state index contributed by atoms with van der Waals surface area (Å²) >= 11 is 0. The first kappa shape index (κ1) is 15.0. The predicted octanol–water partition coefficient (Wildman–Crippen LogP) is 5.52. The van der Waals surface area contributed by atoms with Gasteiger partial charge < -0.3 is 0 Å². The second kappa shape index (κ2) is 8.19. The van der Waals surface area contributed by atoms with E-state index >= 15 is 0 Å². The fourth-order valence-electron chi connectivity index (χ4n) is 2.99. The maximum absolute atomic E-state index is 2.47. The van der Waals surface area contributed by atoms with Crippen molar-refractivity contribution in [2.75, 3.05) is 0 Å². The molecule has 0 aromatic heterocycles. The second-order valence-electron chi connectivity index (χ2n) is 5.35. The first-order valence-corrected chi connectivity index (χ1v) is 7.10. The highest BCUT2D eigenvalue weighted by Gasteiger charge is 2.22. The average Bonchev–Trinajstić information content (AvgIpc) is 2.26. The molecule has 0 rings (SSSR count). The summed E-state index contributed by atoms with van der Waals surface area (Å²) in [6.07, 6.45) is 6.85. The molecule has 0 aliphatic carbocycles. The van der Waals surface area contributed by atoms with E-state index in [1.165, 1.54) is 32.1 Å². The first-order chi connectivity index (χ1) is 7.10. The molecule has 0 N–H and O–H groups in total. The maximum atomic E-state index is 2.47. The standard InChI is InChI=1S/C15H32/c1-7-12(5)15(10-4)13(6)11-14(8-2)9-3/h12-15H,7-11H2,1-6H3. The van der Waals surface area contributed by atoms with E-state index in [1.54, 1.807) is 0 Å². The Balaban J connectivity index is 4.19. The highest BCUT2D eigenvalue weighted by molar-refractivity contribution is 4.72. The molecule has 0 heteroatoms. The van der Waals surface area contributed by atoms with Crippen molar-refractivity contribution in [1.29, 1.82) is 0 Å². The molecule has 3 atom stereocenters. The van der Waals surface area contributed by atoms with Crippen LogP contribution in [0.4, 0.5) is 0 Å². The van der Waals surface area contributed by atoms with Crippen LogP contribution >= 0.6 is 0 Å². The van der Waals surface area contributed by atoms with Gasteiger partial charge in [0.25, 0.3) is 0 Å². The summed E-state index contributed by atoms with van der Waals surface area (Å²) in [5.41, 5.74) is 0. The predicted molar refractivity (Wildman–Crippen MR) is 71.1 cm³/mol. The number of hydrogen-bond donors (Lipinski definition) is 0. The molecular weight excluding hydrogens is 180 g/mol. The third-order valence-corrected chi connectivity index (χ3v) is 4.44. The molecule has 92 valence electrons. The van der Waals surface area contributed by atoms with Crippen LogP contribution in [0.5, 0.6) is 0 Å². The molecule has 0 saturated carbocycles. The molecular formula is C15H32. The van der Waals surface area contributed by atoms with Gasteiger partial charge >= 0.3 is 0 Å². The van der Waals surface area contributed by atoms with Crippen LogP contribution in [0, 0.1) is 23.7 Å². The molecule has 0 heterocycles. The van der Waals surface area contributed by atoms with Crippen LogP contribution < -0.4 is 0 Å². The Morgan fingerprint density at radius 1 is 0.667 bits per heavy atom. The minimum absolute atomic E-state index is 0.902. The summed E-state index contributed by atoms with van der Waals surface area (Å²) in [4.78, 5) is 0. The smallest absolute Gasteiger partial charge is 0.0365 e. The van der Waals surface area contributed by atoms with Gasteiger partial charge in [0.05, 0.1) is 0 Å². The average molecular weight is 212 g/mol. The Morgan fingerprint density at radius 3 is 1.53 bits per heavy atom. The third kappa shape index (κ3) is 5.04. The van der Waals surface area contributed by atoms with E-state index < -0.39 is 0 Å². The minimum Gasteiger partial charge on any atom is -0.0651 e. The third-order valence-electron chi connectivity index (χ3n) is 4.44. The minimum atomic E-state index is 0.902. The molecule has 0 bridgehead atoms. The van der Waals surface area contributed by atoms with Gasteiger partial charge in [-0.1, -0.05) is 67.2 Å². The monoisotopic (exact) mass is 212 g/mol. The lowest BCUT2D eigenvalue weighted by atomic mass is 9.76. The summed E-state index contributed by atoms with van der Waals surface area (Å²) in [7, 11) is 0. The molecule has 0 aliphatic heterocycles. The van der Waals surface area contributed by atoms with Gasteiger partial charge in [-0.2, -0.15) is 0 Å². The van der Waals surface area contributed by atoms with Crippen molar-refractivity contribution in [3.8, 4) is 0 Å². The number of hydrogen-bond acceptors (Lipinski definition) is 0. The van der Waals surface area contributed by atoms with E-state index in [9.17, 15) is 0 Å². The molecule has 0 saturated heterocycles. The Bertz CT molecular complexity index is 135. The van der Waals surface area contributed by atoms with E-state index in [2.05, 4.69) is 41.5 Å². The fraction of sp³-hybridized carbons (Fsp3) is 1.00. The molecule has 0 nitrogen and oxygen atoms in total. The molecule has 3 unspecified atom stereocenters. The Morgan fingerprint density at radius 2 is 1.20 bits per heavy atom. The fourth-order valence-corrected chi connectivity index (χ4v) is 2.99. The van der Waals surface area contributed by atoms with Gasteiger partial charge in [0.2, 0.25) is 0 Å². The van der Waals surface area contributed by atoms with Gasteiger partial charge in [-0.3, -0.25) is 0 Å². The molecule has 0 radical (unpaired) electrons. The Hall–Kier alpha value is 0. The van der Waals surface area contributed by atoms with Gasteiger partial charge in [-0.15, -0.1) is 0 Å². The lowest BCUT2D eigenvalue weighted by Gasteiger charge is -2.30. The summed E-state index contributed by atoms with van der Waals surface area (Å²) in [6, 6.07) is 0. The van der Waals surface area contributed by atoms with E-state index in [-0.39, 0.29) is 0 Å². The SMILES string of the molecule is CCC(CC)CC(C)C(CC)C(C)CC. The lowest BCUT2D eigenvalue weighted by Crippen LogP contribution is -2.21. The summed E-state index contributed by atoms with van der Waals surface area (Å²) in [5.74, 6) is 3.71. The van der Waals surface area contributed by atoms with Crippen molar-refractivity contribution in [2.45, 2.75) is 73.6 Å². The van der Waals surface area contributed by atoms with Crippen molar-refractivity contribution in [3.63, 3.8) is 0 Å². The molecule has 0 spiro atoms. The number of rotatable bonds is 8. The maximum Gasteiger partial charge on any atom is -0.0365 e. The first-order valence-electron chi connectivity index (χ1n) is 7.10. The van der Waals surface area contributed by atoms with E-state index in [0.29, 0.717) is 0 Å². The molecule has 0 aromatic rings. The van der Waals surface area contributed by atoms with E-state index in [4.69, 9.17) is 0 Å². The molecule has 0 aliphatic rings. The Kier molecular flexibility index (Phi) is 8.19. The molecule has 0 aromatic carbocycles. The molecule has 0 fully saturated rings. The largest absolute Gasteiger partial charge is 0.0651 e. The highest BCUT2D eigenvalue weighted by atomic mass is 14.3. The van der Waals surface area contributed by atoms with Crippen LogP contribution in [0.1, 0.15) is 73.6 Å². The van der Waals surface area contributed by atoms with Gasteiger partial charge in [0.15, 0.2) is 0 Å². The second-order valence-corrected chi connectivity index (χ2v) is 5.35. The quantitative estimate of drug-likeness (QED) is 0.497. The van der Waals surface area contributed by atoms with Crippen molar-refractivity contribution >= 4 is 0 Å². The normalized spacial score (nSPS) is 17.8. The van der Waals surface area contributed by atoms with Crippen molar-refractivity contribution in [2.24, 2.45) is 23.7 Å². The van der Waals surface area contributed by atoms with E-state index in [0.717, 1.165) is 23.7 Å². The van der Waals surface area contributed by atoms with E-state index in [1.807, 2.05) is 0 Å². The zero-order valence-electron chi connectivity index (χ0n) is 11.8. The van der Waals surface area contributed by atoms with Gasteiger partial charge in [0.1, 0.15) is 0 Å². The summed E-state index contributed by atoms with van der Waals surface area (Å²) in [6.45, 7) is 14.3. The summed E-state index contributed by atoms with van der Waals surface area (Å²) in [5, 5.41) is 0. The Labute approximate surface area is 97.8 Å².